The molecule has 0 radical (unpaired) electrons. The lowest BCUT2D eigenvalue weighted by atomic mass is 10.2. The number of halogens is 1. The number of rotatable bonds is 5. The third-order valence-corrected chi connectivity index (χ3v) is 4.28. The van der Waals surface area contributed by atoms with E-state index in [9.17, 15) is 0 Å². The normalized spacial score (nSPS) is 13.7. The fourth-order valence-electron chi connectivity index (χ4n) is 2.69. The summed E-state index contributed by atoms with van der Waals surface area (Å²) >= 11 is 0. The summed E-state index contributed by atoms with van der Waals surface area (Å²) in [7, 11) is 1.75. The summed E-state index contributed by atoms with van der Waals surface area (Å²) in [5, 5.41) is 6.53. The maximum absolute atomic E-state index is 5.57. The molecule has 6 nitrogen and oxygen atoms in total. The predicted molar refractivity (Wildman–Crippen MR) is 116 cm³/mol. The molecule has 0 fully saturated rings. The van der Waals surface area contributed by atoms with Crippen LogP contribution in [0.25, 0.3) is 0 Å². The minimum Gasteiger partial charge on any atom is -0.444 e. The molecule has 1 aliphatic heterocycles. The van der Waals surface area contributed by atoms with Crippen LogP contribution in [0.1, 0.15) is 22.9 Å². The molecule has 7 heteroatoms. The molecule has 0 saturated carbocycles. The first-order chi connectivity index (χ1) is 12.2. The van der Waals surface area contributed by atoms with E-state index in [1.807, 2.05) is 13.8 Å². The summed E-state index contributed by atoms with van der Waals surface area (Å²) in [6.07, 6.45) is 4.39. The molecular formula is C19H26IN5O. The highest BCUT2D eigenvalue weighted by Crippen LogP contribution is 2.17. The number of aromatic nitrogens is 1. The first-order valence-electron chi connectivity index (χ1n) is 8.52. The molecule has 0 atom stereocenters. The Morgan fingerprint density at radius 2 is 1.77 bits per heavy atom. The number of hydrogen-bond donors (Lipinski definition) is 2. The fraction of sp³-hybridized carbons (Fsp3) is 0.368. The Morgan fingerprint density at radius 3 is 2.35 bits per heavy atom. The van der Waals surface area contributed by atoms with Crippen molar-refractivity contribution in [3.63, 3.8) is 0 Å². The zero-order chi connectivity index (χ0) is 17.6. The van der Waals surface area contributed by atoms with Crippen molar-refractivity contribution in [1.82, 2.24) is 15.6 Å². The standard InChI is InChI=1S/C19H25N5O.HI/c1-14-15(2)25-18(23-14)13-22-19(20-3)21-12-16-6-8-17(9-7-16)24-10-4-5-11-24;/h4-9H,10-13H2,1-3H3,(H2,20,21,22);1H. The Labute approximate surface area is 171 Å². The van der Waals surface area contributed by atoms with Gasteiger partial charge in [0.2, 0.25) is 5.89 Å². The van der Waals surface area contributed by atoms with Crippen LogP contribution < -0.4 is 15.5 Å². The predicted octanol–water partition coefficient (Wildman–Crippen LogP) is 3.15. The number of guanidine groups is 1. The Bertz CT molecular complexity index is 739. The second-order valence-electron chi connectivity index (χ2n) is 6.07. The van der Waals surface area contributed by atoms with E-state index >= 15 is 0 Å². The zero-order valence-corrected chi connectivity index (χ0v) is 17.8. The van der Waals surface area contributed by atoms with E-state index < -0.39 is 0 Å². The smallest absolute Gasteiger partial charge is 0.214 e. The lowest BCUT2D eigenvalue weighted by Gasteiger charge is -2.18. The average Bonchev–Trinajstić information content (AvgIpc) is 3.26. The molecule has 1 aromatic heterocycles. The Kier molecular flexibility index (Phi) is 7.50. The molecule has 26 heavy (non-hydrogen) atoms. The van der Waals surface area contributed by atoms with Gasteiger partial charge >= 0.3 is 0 Å². The van der Waals surface area contributed by atoms with Gasteiger partial charge in [-0.1, -0.05) is 24.3 Å². The van der Waals surface area contributed by atoms with Crippen LogP contribution in [-0.2, 0) is 13.1 Å². The Balaban J connectivity index is 0.00000243. The van der Waals surface area contributed by atoms with Crippen molar-refractivity contribution in [1.29, 1.82) is 0 Å². The molecule has 0 aliphatic carbocycles. The van der Waals surface area contributed by atoms with Gasteiger partial charge in [0.1, 0.15) is 5.76 Å². The fourth-order valence-corrected chi connectivity index (χ4v) is 2.69. The van der Waals surface area contributed by atoms with Crippen molar-refractivity contribution >= 4 is 35.6 Å². The monoisotopic (exact) mass is 467 g/mol. The lowest BCUT2D eigenvalue weighted by molar-refractivity contribution is 0.463. The highest BCUT2D eigenvalue weighted by molar-refractivity contribution is 14.0. The number of aliphatic imine (C=N–C) groups is 1. The molecule has 0 unspecified atom stereocenters. The minimum absolute atomic E-state index is 0. The number of benzene rings is 1. The van der Waals surface area contributed by atoms with Crippen molar-refractivity contribution in [3.05, 3.63) is 59.3 Å². The zero-order valence-electron chi connectivity index (χ0n) is 15.5. The molecule has 2 heterocycles. The number of nitrogens with zero attached hydrogens (tertiary/aromatic N) is 3. The number of aryl methyl sites for hydroxylation is 2. The lowest BCUT2D eigenvalue weighted by Crippen LogP contribution is -2.36. The summed E-state index contributed by atoms with van der Waals surface area (Å²) in [6.45, 7) is 7.07. The number of nitrogens with one attached hydrogen (secondary N) is 2. The van der Waals surface area contributed by atoms with Crippen molar-refractivity contribution in [2.24, 2.45) is 4.99 Å². The molecule has 0 amide bonds. The molecule has 0 saturated heterocycles. The molecule has 1 aliphatic rings. The van der Waals surface area contributed by atoms with Gasteiger partial charge in [-0.15, -0.1) is 24.0 Å². The van der Waals surface area contributed by atoms with E-state index in [4.69, 9.17) is 4.42 Å². The molecule has 0 spiro atoms. The van der Waals surface area contributed by atoms with Crippen molar-refractivity contribution in [2.45, 2.75) is 26.9 Å². The minimum atomic E-state index is 0. The van der Waals surface area contributed by atoms with Gasteiger partial charge in [0.05, 0.1) is 12.2 Å². The molecule has 2 aromatic rings. The number of oxazole rings is 1. The molecule has 0 bridgehead atoms. The van der Waals surface area contributed by atoms with Gasteiger partial charge in [0.15, 0.2) is 5.96 Å². The molecule has 2 N–H and O–H groups in total. The quantitative estimate of drug-likeness (QED) is 0.306. The number of hydrogen-bond acceptors (Lipinski definition) is 4. The SMILES string of the molecule is CN=C(NCc1ccc(N2CC=CC2)cc1)NCc1nc(C)c(C)o1.I. The molecular weight excluding hydrogens is 441 g/mol. The third kappa shape index (κ3) is 5.23. The second-order valence-corrected chi connectivity index (χ2v) is 6.07. The van der Waals surface area contributed by atoms with Crippen molar-refractivity contribution < 1.29 is 4.42 Å². The largest absolute Gasteiger partial charge is 0.444 e. The van der Waals surface area contributed by atoms with Gasteiger partial charge in [-0.25, -0.2) is 4.98 Å². The number of anilines is 1. The van der Waals surface area contributed by atoms with E-state index in [0.29, 0.717) is 19.0 Å². The Hall–Kier alpha value is -2.03. The van der Waals surface area contributed by atoms with Crippen LogP contribution in [0.5, 0.6) is 0 Å². The van der Waals surface area contributed by atoms with Gasteiger partial charge in [-0.2, -0.15) is 0 Å². The summed E-state index contributed by atoms with van der Waals surface area (Å²) < 4.78 is 5.57. The highest BCUT2D eigenvalue weighted by atomic mass is 127. The third-order valence-electron chi connectivity index (χ3n) is 4.28. The van der Waals surface area contributed by atoms with Crippen LogP contribution >= 0.6 is 24.0 Å². The van der Waals surface area contributed by atoms with E-state index in [1.54, 1.807) is 7.05 Å². The average molecular weight is 467 g/mol. The van der Waals surface area contributed by atoms with Crippen LogP contribution in [0.15, 0.2) is 45.8 Å². The van der Waals surface area contributed by atoms with Crippen LogP contribution in [0, 0.1) is 13.8 Å². The van der Waals surface area contributed by atoms with Gasteiger partial charge in [0.25, 0.3) is 0 Å². The van der Waals surface area contributed by atoms with Crippen LogP contribution in [0.3, 0.4) is 0 Å². The molecule has 1 aromatic carbocycles. The second kappa shape index (κ2) is 9.61. The maximum Gasteiger partial charge on any atom is 0.214 e. The van der Waals surface area contributed by atoms with E-state index in [0.717, 1.165) is 30.5 Å². The highest BCUT2D eigenvalue weighted by Gasteiger charge is 2.08. The first kappa shape index (κ1) is 20.3. The van der Waals surface area contributed by atoms with Crippen LogP contribution in [0.4, 0.5) is 5.69 Å². The molecule has 3 rings (SSSR count). The van der Waals surface area contributed by atoms with Gasteiger partial charge in [-0.3, -0.25) is 4.99 Å². The van der Waals surface area contributed by atoms with Crippen LogP contribution in [-0.4, -0.2) is 31.1 Å². The van der Waals surface area contributed by atoms with E-state index in [2.05, 4.69) is 61.9 Å². The van der Waals surface area contributed by atoms with E-state index in [-0.39, 0.29) is 24.0 Å². The van der Waals surface area contributed by atoms with Gasteiger partial charge in [-0.05, 0) is 31.5 Å². The van der Waals surface area contributed by atoms with Crippen molar-refractivity contribution in [2.75, 3.05) is 25.0 Å². The topological polar surface area (TPSA) is 65.7 Å². The van der Waals surface area contributed by atoms with Gasteiger partial charge in [0, 0.05) is 32.4 Å². The summed E-state index contributed by atoms with van der Waals surface area (Å²) in [5.74, 6) is 2.25. The summed E-state index contributed by atoms with van der Waals surface area (Å²) in [4.78, 5) is 10.9. The molecule has 140 valence electrons. The van der Waals surface area contributed by atoms with E-state index in [1.165, 1.54) is 11.3 Å². The summed E-state index contributed by atoms with van der Waals surface area (Å²) in [5.41, 5.74) is 3.39. The summed E-state index contributed by atoms with van der Waals surface area (Å²) in [6, 6.07) is 8.63. The van der Waals surface area contributed by atoms with Gasteiger partial charge < -0.3 is 20.0 Å². The first-order valence-corrected chi connectivity index (χ1v) is 8.52. The van der Waals surface area contributed by atoms with Crippen LogP contribution in [0.2, 0.25) is 0 Å². The maximum atomic E-state index is 5.57. The Morgan fingerprint density at radius 1 is 1.12 bits per heavy atom. The van der Waals surface area contributed by atoms with Crippen molar-refractivity contribution in [3.8, 4) is 0 Å².